The van der Waals surface area contributed by atoms with Gasteiger partial charge in [0, 0.05) is 25.6 Å². The van der Waals surface area contributed by atoms with Gasteiger partial charge in [0.15, 0.2) is 0 Å². The van der Waals surface area contributed by atoms with Crippen LogP contribution in [0.15, 0.2) is 0 Å². The van der Waals surface area contributed by atoms with E-state index in [4.69, 9.17) is 12.2 Å². The van der Waals surface area contributed by atoms with Crippen LogP contribution in [0.5, 0.6) is 0 Å². The molecule has 0 heterocycles. The van der Waals surface area contributed by atoms with Gasteiger partial charge in [0.1, 0.15) is 0 Å². The van der Waals surface area contributed by atoms with Gasteiger partial charge in [-0.05, 0) is 33.4 Å². The molecule has 1 aliphatic rings. The molecule has 1 atom stereocenters. The Morgan fingerprint density at radius 2 is 2.06 bits per heavy atom. The first kappa shape index (κ1) is 14.0. The average Bonchev–Trinajstić information content (AvgIpc) is 2.21. The highest BCUT2D eigenvalue weighted by molar-refractivity contribution is 5.81. The molecule has 1 rings (SSSR count). The van der Waals surface area contributed by atoms with Crippen LogP contribution in [0, 0.1) is 12.3 Å². The first-order valence-electron chi connectivity index (χ1n) is 6.04. The van der Waals surface area contributed by atoms with E-state index in [0.717, 1.165) is 19.4 Å². The molecule has 0 spiro atoms. The molecule has 2 N–H and O–H groups in total. The van der Waals surface area contributed by atoms with Gasteiger partial charge >= 0.3 is 0 Å². The summed E-state index contributed by atoms with van der Waals surface area (Å²) in [6.07, 6.45) is 8.99. The van der Waals surface area contributed by atoms with E-state index in [-0.39, 0.29) is 11.4 Å². The second-order valence-electron chi connectivity index (χ2n) is 5.18. The lowest BCUT2D eigenvalue weighted by Gasteiger charge is -2.49. The van der Waals surface area contributed by atoms with Crippen LogP contribution in [0.4, 0.5) is 0 Å². The number of nitrogens with two attached hydrogens (primary N) is 1. The minimum Gasteiger partial charge on any atom is -0.343 e. The number of carbonyl (C=O) groups is 1. The molecule has 4 heteroatoms. The molecule has 1 unspecified atom stereocenters. The number of terminal acetylenes is 1. The monoisotopic (exact) mass is 237 g/mol. The molecule has 1 aliphatic carbocycles. The van der Waals surface area contributed by atoms with Crippen molar-refractivity contribution in [1.82, 2.24) is 9.80 Å². The molecular weight excluding hydrogens is 214 g/mol. The van der Waals surface area contributed by atoms with Gasteiger partial charge in [0.25, 0.3) is 0 Å². The topological polar surface area (TPSA) is 49.6 Å². The van der Waals surface area contributed by atoms with Crippen LogP contribution in [0.2, 0.25) is 0 Å². The Hall–Kier alpha value is -1.05. The molecule has 96 valence electrons. The molecule has 4 nitrogen and oxygen atoms in total. The standard InChI is InChI=1S/C13H23N3O/c1-5-7-11(14)12(17)16(4)10-13(15(2)3)8-6-9-13/h1,11H,6-10,14H2,2-4H3. The van der Waals surface area contributed by atoms with Gasteiger partial charge in [-0.25, -0.2) is 0 Å². The Morgan fingerprint density at radius 1 is 1.47 bits per heavy atom. The minimum atomic E-state index is -0.565. The molecular formula is C13H23N3O. The van der Waals surface area contributed by atoms with E-state index in [1.165, 1.54) is 6.42 Å². The molecule has 17 heavy (non-hydrogen) atoms. The normalized spacial score (nSPS) is 19.3. The smallest absolute Gasteiger partial charge is 0.240 e. The molecule has 0 aromatic rings. The minimum absolute atomic E-state index is 0.0592. The predicted molar refractivity (Wildman–Crippen MR) is 69.3 cm³/mol. The zero-order valence-electron chi connectivity index (χ0n) is 11.1. The fourth-order valence-corrected chi connectivity index (χ4v) is 2.35. The SMILES string of the molecule is C#CCC(N)C(=O)N(C)CC1(N(C)C)CCC1. The van der Waals surface area contributed by atoms with Gasteiger partial charge in [0.05, 0.1) is 6.04 Å². The molecule has 0 aliphatic heterocycles. The van der Waals surface area contributed by atoms with E-state index < -0.39 is 6.04 Å². The van der Waals surface area contributed by atoms with Crippen LogP contribution in [0.3, 0.4) is 0 Å². The molecule has 0 aromatic heterocycles. The maximum absolute atomic E-state index is 12.0. The van der Waals surface area contributed by atoms with Crippen LogP contribution in [0.25, 0.3) is 0 Å². The summed E-state index contributed by atoms with van der Waals surface area (Å²) in [5.41, 5.74) is 5.87. The highest BCUT2D eigenvalue weighted by Gasteiger charge is 2.41. The maximum Gasteiger partial charge on any atom is 0.240 e. The summed E-state index contributed by atoms with van der Waals surface area (Å²) < 4.78 is 0. The van der Waals surface area contributed by atoms with Gasteiger partial charge in [-0.15, -0.1) is 12.3 Å². The van der Waals surface area contributed by atoms with Gasteiger partial charge < -0.3 is 15.5 Å². The summed E-state index contributed by atoms with van der Waals surface area (Å²) in [6.45, 7) is 0.733. The maximum atomic E-state index is 12.0. The molecule has 0 aromatic carbocycles. The number of likely N-dealkylation sites (N-methyl/N-ethyl adjacent to an activating group) is 2. The van der Waals surface area contributed by atoms with E-state index in [2.05, 4.69) is 24.9 Å². The first-order chi connectivity index (χ1) is 7.93. The van der Waals surface area contributed by atoms with E-state index in [1.807, 2.05) is 7.05 Å². The van der Waals surface area contributed by atoms with Crippen molar-refractivity contribution in [2.45, 2.75) is 37.3 Å². The van der Waals surface area contributed by atoms with Gasteiger partial charge in [-0.1, -0.05) is 0 Å². The molecule has 1 fully saturated rings. The van der Waals surface area contributed by atoms with Gasteiger partial charge in [-0.3, -0.25) is 4.79 Å². The third-order valence-electron chi connectivity index (χ3n) is 3.80. The summed E-state index contributed by atoms with van der Waals surface area (Å²) in [7, 11) is 5.94. The number of rotatable bonds is 5. The van der Waals surface area contributed by atoms with E-state index >= 15 is 0 Å². The second-order valence-corrected chi connectivity index (χ2v) is 5.18. The number of carbonyl (C=O) groups excluding carboxylic acids is 1. The van der Waals surface area contributed by atoms with Crippen molar-refractivity contribution in [2.24, 2.45) is 5.73 Å². The van der Waals surface area contributed by atoms with Gasteiger partial charge in [-0.2, -0.15) is 0 Å². The summed E-state index contributed by atoms with van der Waals surface area (Å²) in [5, 5.41) is 0. The lowest BCUT2D eigenvalue weighted by molar-refractivity contribution is -0.133. The Bertz CT molecular complexity index is 315. The van der Waals surface area contributed by atoms with Crippen molar-refractivity contribution in [3.8, 4) is 12.3 Å². The number of amides is 1. The third-order valence-corrected chi connectivity index (χ3v) is 3.80. The first-order valence-corrected chi connectivity index (χ1v) is 6.04. The van der Waals surface area contributed by atoms with Crippen molar-refractivity contribution < 1.29 is 4.79 Å². The van der Waals surface area contributed by atoms with Crippen LogP contribution < -0.4 is 5.73 Å². The fraction of sp³-hybridized carbons (Fsp3) is 0.769. The van der Waals surface area contributed by atoms with Crippen molar-refractivity contribution in [2.75, 3.05) is 27.7 Å². The summed E-state index contributed by atoms with van der Waals surface area (Å²) in [5.74, 6) is 2.37. The second kappa shape index (κ2) is 5.52. The molecule has 1 amide bonds. The third kappa shape index (κ3) is 2.99. The average molecular weight is 237 g/mol. The summed E-state index contributed by atoms with van der Waals surface area (Å²) in [6, 6.07) is -0.565. The van der Waals surface area contributed by atoms with Crippen LogP contribution >= 0.6 is 0 Å². The predicted octanol–water partition coefficient (Wildman–Crippen LogP) is 0.280. The largest absolute Gasteiger partial charge is 0.343 e. The van der Waals surface area contributed by atoms with Gasteiger partial charge in [0.2, 0.25) is 5.91 Å². The van der Waals surface area contributed by atoms with Crippen molar-refractivity contribution in [1.29, 1.82) is 0 Å². The highest BCUT2D eigenvalue weighted by Crippen LogP contribution is 2.36. The van der Waals surface area contributed by atoms with Crippen LogP contribution in [0.1, 0.15) is 25.7 Å². The summed E-state index contributed by atoms with van der Waals surface area (Å²) in [4.78, 5) is 15.9. The summed E-state index contributed by atoms with van der Waals surface area (Å²) >= 11 is 0. The Balaban J connectivity index is 2.56. The van der Waals surface area contributed by atoms with E-state index in [0.29, 0.717) is 6.42 Å². The Labute approximate surface area is 104 Å². The van der Waals surface area contributed by atoms with Crippen LogP contribution in [-0.4, -0.2) is 55.0 Å². The molecule has 1 saturated carbocycles. The van der Waals surface area contributed by atoms with Crippen molar-refractivity contribution >= 4 is 5.91 Å². The zero-order valence-corrected chi connectivity index (χ0v) is 11.1. The van der Waals surface area contributed by atoms with E-state index in [1.54, 1.807) is 4.90 Å². The van der Waals surface area contributed by atoms with E-state index in [9.17, 15) is 4.79 Å². The fourth-order valence-electron chi connectivity index (χ4n) is 2.35. The molecule has 0 bridgehead atoms. The molecule has 0 radical (unpaired) electrons. The number of hydrogen-bond donors (Lipinski definition) is 1. The number of hydrogen-bond acceptors (Lipinski definition) is 3. The quantitative estimate of drug-likeness (QED) is 0.699. The Morgan fingerprint density at radius 3 is 2.41 bits per heavy atom. The highest BCUT2D eigenvalue weighted by atomic mass is 16.2. The van der Waals surface area contributed by atoms with Crippen molar-refractivity contribution in [3.63, 3.8) is 0 Å². The molecule has 0 saturated heterocycles. The van der Waals surface area contributed by atoms with Crippen LogP contribution in [-0.2, 0) is 4.79 Å². The zero-order chi connectivity index (χ0) is 13.1. The Kier molecular flexibility index (Phi) is 4.55. The lowest BCUT2D eigenvalue weighted by atomic mass is 9.75. The lowest BCUT2D eigenvalue weighted by Crippen LogP contribution is -2.58. The number of nitrogens with zero attached hydrogens (tertiary/aromatic N) is 2. The van der Waals surface area contributed by atoms with Crippen molar-refractivity contribution in [3.05, 3.63) is 0 Å².